The molecule has 9 heteroatoms. The maximum atomic E-state index is 14.1. The number of nitrogens with zero attached hydrogens (tertiary/aromatic N) is 1. The summed E-state index contributed by atoms with van der Waals surface area (Å²) in [6, 6.07) is 19.3. The minimum absolute atomic E-state index is 0.0116. The van der Waals surface area contributed by atoms with Crippen molar-refractivity contribution in [2.75, 3.05) is 21.0 Å². The Kier molecular flexibility index (Phi) is 10.4. The highest BCUT2D eigenvalue weighted by atomic mass is 79.9. The lowest BCUT2D eigenvalue weighted by Crippen LogP contribution is -2.65. The molecule has 4 rings (SSSR count). The molecule has 42 heavy (non-hydrogen) atoms. The molecule has 3 unspecified atom stereocenters. The van der Waals surface area contributed by atoms with Crippen LogP contribution < -0.4 is 20.5 Å². The number of hydrogen-bond acceptors (Lipinski definition) is 6. The number of Topliss-reactive ketones (excluding diaryl/α,β-unsaturated/α-hetero) is 1. The molecule has 1 aliphatic rings. The predicted molar refractivity (Wildman–Crippen MR) is 171 cm³/mol. The third-order valence-corrected chi connectivity index (χ3v) is 13.6. The molecule has 1 N–H and O–H groups in total. The summed E-state index contributed by atoms with van der Waals surface area (Å²) < 4.78 is 19.0. The molecule has 2 heterocycles. The molecule has 0 amide bonds. The molecule has 0 radical (unpaired) electrons. The fourth-order valence-electron chi connectivity index (χ4n) is 6.32. The van der Waals surface area contributed by atoms with Gasteiger partial charge in [0, 0.05) is 13.3 Å². The monoisotopic (exact) mass is 653 g/mol. The Balaban J connectivity index is 1.70. The summed E-state index contributed by atoms with van der Waals surface area (Å²) >= 11 is 3.34. The van der Waals surface area contributed by atoms with Gasteiger partial charge >= 0.3 is 0 Å². The summed E-state index contributed by atoms with van der Waals surface area (Å²) in [6.45, 7) is 8.07. The van der Waals surface area contributed by atoms with Crippen LogP contribution in [0, 0.1) is 5.92 Å². The molecular formula is C33H40BrNO6Si. The number of allylic oxidation sites excluding steroid dienone is 1. The Hall–Kier alpha value is -2.82. The number of ketones is 1. The number of carbonyl (C=O) groups excluding carboxylic acids is 1. The Labute approximate surface area is 257 Å². The van der Waals surface area contributed by atoms with E-state index in [0.717, 1.165) is 10.4 Å². The first-order chi connectivity index (χ1) is 20.1. The zero-order chi connectivity index (χ0) is 30.5. The first-order valence-corrected chi connectivity index (χ1v) is 16.9. The van der Waals surface area contributed by atoms with Crippen LogP contribution in [0.2, 0.25) is 5.04 Å². The van der Waals surface area contributed by atoms with E-state index in [9.17, 15) is 14.4 Å². The molecule has 1 aliphatic heterocycles. The van der Waals surface area contributed by atoms with Crippen molar-refractivity contribution in [3.63, 3.8) is 0 Å². The lowest BCUT2D eigenvalue weighted by Gasteiger charge is -2.42. The molecule has 0 bridgehead atoms. The third kappa shape index (κ3) is 5.98. The van der Waals surface area contributed by atoms with Crippen molar-refractivity contribution in [3.05, 3.63) is 99.9 Å². The van der Waals surface area contributed by atoms with Crippen LogP contribution in [0.25, 0.3) is 0 Å². The Morgan fingerprint density at radius 1 is 1.05 bits per heavy atom. The summed E-state index contributed by atoms with van der Waals surface area (Å²) in [5.74, 6) is -0.386. The molecule has 0 aliphatic carbocycles. The van der Waals surface area contributed by atoms with Crippen LogP contribution in [0.15, 0.2) is 88.8 Å². The average Bonchev–Trinajstić information content (AvgIpc) is 3.00. The second-order valence-corrected chi connectivity index (χ2v) is 16.2. The van der Waals surface area contributed by atoms with E-state index in [0.29, 0.717) is 35.8 Å². The summed E-state index contributed by atoms with van der Waals surface area (Å²) in [5.41, 5.74) is 0.223. The summed E-state index contributed by atoms with van der Waals surface area (Å²) in [4.78, 5) is 39.7. The quantitative estimate of drug-likeness (QED) is 0.153. The van der Waals surface area contributed by atoms with Crippen molar-refractivity contribution >= 4 is 40.4 Å². The number of methoxy groups -OCH3 is 2. The zero-order valence-electron chi connectivity index (χ0n) is 24.7. The number of fused-ring (bicyclic) bond motifs is 1. The summed E-state index contributed by atoms with van der Waals surface area (Å²) in [5, 5.41) is 1.44. The van der Waals surface area contributed by atoms with E-state index in [-0.39, 0.29) is 23.8 Å². The fraction of sp³-hybridized carbons (Fsp3) is 0.394. The van der Waals surface area contributed by atoms with Gasteiger partial charge < -0.3 is 23.6 Å². The van der Waals surface area contributed by atoms with Crippen molar-refractivity contribution in [1.82, 2.24) is 4.57 Å². The van der Waals surface area contributed by atoms with Crippen LogP contribution in [0.4, 0.5) is 0 Å². The highest BCUT2D eigenvalue weighted by Crippen LogP contribution is 2.46. The number of halogens is 1. The van der Waals surface area contributed by atoms with Crippen LogP contribution >= 0.6 is 15.9 Å². The molecule has 7 nitrogen and oxygen atoms in total. The van der Waals surface area contributed by atoms with Crippen molar-refractivity contribution in [1.29, 1.82) is 0 Å². The van der Waals surface area contributed by atoms with E-state index in [1.807, 2.05) is 60.7 Å². The number of rotatable bonds is 13. The summed E-state index contributed by atoms with van der Waals surface area (Å²) in [6.07, 6.45) is 4.86. The Morgan fingerprint density at radius 2 is 1.64 bits per heavy atom. The number of carbonyl (C=O) groups is 1. The second kappa shape index (κ2) is 13.6. The van der Waals surface area contributed by atoms with Crippen LogP contribution in [-0.4, -0.2) is 44.5 Å². The maximum Gasteiger partial charge on any atom is 0.258 e. The highest BCUT2D eigenvalue weighted by molar-refractivity contribution is 9.10. The van der Waals surface area contributed by atoms with Gasteiger partial charge in [0.25, 0.3) is 8.32 Å². The second-order valence-electron chi connectivity index (χ2n) is 11.4. The van der Waals surface area contributed by atoms with Crippen molar-refractivity contribution in [3.8, 4) is 5.75 Å². The largest absolute Gasteiger partial charge is 0.491 e. The Morgan fingerprint density at radius 3 is 2.17 bits per heavy atom. The molecule has 0 saturated heterocycles. The van der Waals surface area contributed by atoms with Gasteiger partial charge in [0.2, 0.25) is 5.43 Å². The van der Waals surface area contributed by atoms with Gasteiger partial charge in [0.15, 0.2) is 11.5 Å². The van der Waals surface area contributed by atoms with Crippen LogP contribution in [0.1, 0.15) is 57.4 Å². The van der Waals surface area contributed by atoms with E-state index in [2.05, 4.69) is 36.4 Å². The molecule has 0 fully saturated rings. The number of hydrogen-bond donors (Lipinski definition) is 1. The molecule has 3 aromatic rings. The Bertz CT molecular complexity index is 1400. The van der Waals surface area contributed by atoms with E-state index >= 15 is 0 Å². The molecule has 0 spiro atoms. The lowest BCUT2D eigenvalue weighted by atomic mass is 9.81. The summed E-state index contributed by atoms with van der Waals surface area (Å²) in [7, 11) is -0.231. The van der Waals surface area contributed by atoms with E-state index in [4.69, 9.17) is 14.2 Å². The normalized spacial score (nSPS) is 18.9. The molecular weight excluding hydrogens is 614 g/mol. The van der Waals surface area contributed by atoms with Crippen molar-refractivity contribution in [2.24, 2.45) is 5.92 Å². The van der Waals surface area contributed by atoms with Crippen molar-refractivity contribution < 1.29 is 23.8 Å². The molecule has 1 aromatic heterocycles. The first-order valence-electron chi connectivity index (χ1n) is 14.2. The molecule has 224 valence electrons. The minimum Gasteiger partial charge on any atom is -0.491 e. The van der Waals surface area contributed by atoms with Gasteiger partial charge in [-0.1, -0.05) is 87.0 Å². The van der Waals surface area contributed by atoms with Gasteiger partial charge in [-0.05, 0) is 50.6 Å². The van der Waals surface area contributed by atoms with E-state index in [1.165, 1.54) is 14.2 Å². The first kappa shape index (κ1) is 32.1. The highest BCUT2D eigenvalue weighted by Gasteiger charge is 2.50. The average molecular weight is 655 g/mol. The molecule has 3 atom stereocenters. The SMILES string of the molecule is C=CCC1C(=O)C(CCCC(C)(C)[Si](O)(c2ccccc2)c2ccccc2)C(OCOC)c2c(OC)c(=O)c(Br)cn21. The van der Waals surface area contributed by atoms with Crippen molar-refractivity contribution in [2.45, 2.75) is 56.7 Å². The smallest absolute Gasteiger partial charge is 0.258 e. The van der Waals surface area contributed by atoms with Gasteiger partial charge in [0.1, 0.15) is 12.9 Å². The van der Waals surface area contributed by atoms with Gasteiger partial charge in [-0.15, -0.1) is 6.58 Å². The van der Waals surface area contributed by atoms with Gasteiger partial charge in [0.05, 0.1) is 29.2 Å². The third-order valence-electron chi connectivity index (χ3n) is 8.49. The maximum absolute atomic E-state index is 14.1. The standard InChI is InChI=1S/C33H40BrNO6Si/c1-6-14-27-29(36)25(31(41-22-39-4)28-32(40-5)30(37)26(34)21-35(27)28)19-13-20-33(2,3)42(38,23-15-9-7-10-16-23)24-17-11-8-12-18-24/h6-12,15-18,21,25,27,31,38H,1,13-14,19-20,22H2,2-5H3. The molecule has 0 saturated carbocycles. The predicted octanol–water partition coefficient (Wildman–Crippen LogP) is 5.30. The van der Waals surface area contributed by atoms with Crippen LogP contribution in [-0.2, 0) is 14.3 Å². The zero-order valence-corrected chi connectivity index (χ0v) is 27.3. The lowest BCUT2D eigenvalue weighted by molar-refractivity contribution is -0.145. The van der Waals surface area contributed by atoms with Gasteiger partial charge in [-0.25, -0.2) is 0 Å². The number of pyridine rings is 1. The minimum atomic E-state index is -3.20. The van der Waals surface area contributed by atoms with Crippen LogP contribution in [0.5, 0.6) is 5.75 Å². The topological polar surface area (TPSA) is 87.0 Å². The number of ether oxygens (including phenoxy) is 3. The van der Waals surface area contributed by atoms with Crippen LogP contribution in [0.3, 0.4) is 0 Å². The van der Waals surface area contributed by atoms with E-state index < -0.39 is 31.4 Å². The van der Waals surface area contributed by atoms with E-state index in [1.54, 1.807) is 16.8 Å². The number of aromatic nitrogens is 1. The molecule has 2 aromatic carbocycles. The van der Waals surface area contributed by atoms with Gasteiger partial charge in [-0.2, -0.15) is 0 Å². The fourth-order valence-corrected chi connectivity index (χ4v) is 10.5. The number of benzene rings is 2. The van der Waals surface area contributed by atoms with Gasteiger partial charge in [-0.3, -0.25) is 9.59 Å².